The van der Waals surface area contributed by atoms with Gasteiger partial charge in [0.15, 0.2) is 0 Å². The first-order chi connectivity index (χ1) is 8.29. The van der Waals surface area contributed by atoms with Gasteiger partial charge in [-0.05, 0) is 36.9 Å². The van der Waals surface area contributed by atoms with E-state index in [1.807, 2.05) is 61.6 Å². The molecule has 1 unspecified atom stereocenters. The highest BCUT2D eigenvalue weighted by molar-refractivity contribution is 9.09. The van der Waals surface area contributed by atoms with Crippen molar-refractivity contribution in [3.05, 3.63) is 60.2 Å². The highest BCUT2D eigenvalue weighted by Gasteiger charge is 2.04. The van der Waals surface area contributed by atoms with Crippen molar-refractivity contribution in [2.45, 2.75) is 4.95 Å². The lowest BCUT2D eigenvalue weighted by molar-refractivity contribution is 0.482. The Balaban J connectivity index is 2.08. The van der Waals surface area contributed by atoms with Gasteiger partial charge in [0.25, 0.3) is 0 Å². The highest BCUT2D eigenvalue weighted by atomic mass is 79.9. The van der Waals surface area contributed by atoms with Crippen molar-refractivity contribution in [1.82, 2.24) is 5.32 Å². The fraction of sp³-hybridized carbons (Fsp3) is 0.143. The lowest BCUT2D eigenvalue weighted by atomic mass is 10.2. The van der Waals surface area contributed by atoms with E-state index in [4.69, 9.17) is 4.74 Å². The lowest BCUT2D eigenvalue weighted by Crippen LogP contribution is -2.08. The van der Waals surface area contributed by atoms with Crippen molar-refractivity contribution in [2.75, 3.05) is 7.05 Å². The number of hydrogen-bond donors (Lipinski definition) is 1. The van der Waals surface area contributed by atoms with Crippen LogP contribution in [0.3, 0.4) is 0 Å². The van der Waals surface area contributed by atoms with Crippen molar-refractivity contribution < 1.29 is 4.74 Å². The number of hydrogen-bond acceptors (Lipinski definition) is 2. The van der Waals surface area contributed by atoms with E-state index in [1.54, 1.807) is 0 Å². The smallest absolute Gasteiger partial charge is 0.127 e. The van der Waals surface area contributed by atoms with Crippen LogP contribution >= 0.6 is 15.9 Å². The predicted octanol–water partition coefficient (Wildman–Crippen LogP) is 4.09. The molecular formula is C14H14BrNO. The average Bonchev–Trinajstić information content (AvgIpc) is 2.40. The Kier molecular flexibility index (Phi) is 4.18. The van der Waals surface area contributed by atoms with E-state index in [2.05, 4.69) is 21.2 Å². The maximum atomic E-state index is 5.71. The fourth-order valence-corrected chi connectivity index (χ4v) is 1.80. The summed E-state index contributed by atoms with van der Waals surface area (Å²) >= 11 is 3.52. The van der Waals surface area contributed by atoms with Crippen molar-refractivity contribution in [2.24, 2.45) is 0 Å². The number of ether oxygens (including phenoxy) is 1. The van der Waals surface area contributed by atoms with Crippen molar-refractivity contribution in [3.8, 4) is 11.5 Å². The second-order valence-corrected chi connectivity index (χ2v) is 4.55. The Bertz CT molecular complexity index is 455. The molecular weight excluding hydrogens is 278 g/mol. The number of nitrogens with one attached hydrogen (secondary N) is 1. The third-order valence-corrected chi connectivity index (χ3v) is 3.39. The highest BCUT2D eigenvalue weighted by Crippen LogP contribution is 2.25. The molecule has 0 saturated heterocycles. The molecule has 0 spiro atoms. The summed E-state index contributed by atoms with van der Waals surface area (Å²) in [5.74, 6) is 1.69. The van der Waals surface area contributed by atoms with Gasteiger partial charge >= 0.3 is 0 Å². The molecule has 0 aromatic heterocycles. The molecule has 1 N–H and O–H groups in total. The van der Waals surface area contributed by atoms with Gasteiger partial charge in [0.05, 0.1) is 4.95 Å². The zero-order valence-electron chi connectivity index (χ0n) is 9.56. The van der Waals surface area contributed by atoms with E-state index in [0.717, 1.165) is 11.5 Å². The molecule has 0 fully saturated rings. The van der Waals surface area contributed by atoms with Gasteiger partial charge in [0.2, 0.25) is 0 Å². The zero-order valence-corrected chi connectivity index (χ0v) is 11.1. The molecule has 2 aromatic carbocycles. The molecule has 0 amide bonds. The van der Waals surface area contributed by atoms with Crippen LogP contribution in [0.1, 0.15) is 10.5 Å². The standard InChI is InChI=1S/C14H14BrNO/c1-16-14(15)11-7-9-13(10-8-11)17-12-5-3-2-4-6-12/h2-10,14,16H,1H3. The molecule has 2 nitrogen and oxygen atoms in total. The predicted molar refractivity (Wildman–Crippen MR) is 73.7 cm³/mol. The van der Waals surface area contributed by atoms with Crippen molar-refractivity contribution in [3.63, 3.8) is 0 Å². The van der Waals surface area contributed by atoms with Gasteiger partial charge in [-0.25, -0.2) is 0 Å². The van der Waals surface area contributed by atoms with Crippen molar-refractivity contribution in [1.29, 1.82) is 0 Å². The van der Waals surface area contributed by atoms with Crippen LogP contribution in [-0.2, 0) is 0 Å². The third kappa shape index (κ3) is 3.32. The monoisotopic (exact) mass is 291 g/mol. The fourth-order valence-electron chi connectivity index (χ4n) is 1.50. The van der Waals surface area contributed by atoms with Gasteiger partial charge in [0.1, 0.15) is 11.5 Å². The minimum absolute atomic E-state index is 0.174. The van der Waals surface area contributed by atoms with Crippen LogP contribution in [0.15, 0.2) is 54.6 Å². The first-order valence-corrected chi connectivity index (χ1v) is 6.35. The number of benzene rings is 2. The number of alkyl halides is 1. The van der Waals surface area contributed by atoms with Crippen LogP contribution in [0.5, 0.6) is 11.5 Å². The molecule has 0 aliphatic carbocycles. The van der Waals surface area contributed by atoms with Gasteiger partial charge in [-0.1, -0.05) is 46.3 Å². The third-order valence-electron chi connectivity index (χ3n) is 2.41. The van der Waals surface area contributed by atoms with Gasteiger partial charge < -0.3 is 10.1 Å². The Morgan fingerprint density at radius 2 is 1.53 bits per heavy atom. The summed E-state index contributed by atoms with van der Waals surface area (Å²) in [5.41, 5.74) is 1.17. The number of para-hydroxylation sites is 1. The van der Waals surface area contributed by atoms with Crippen molar-refractivity contribution >= 4 is 15.9 Å². The van der Waals surface area contributed by atoms with E-state index in [1.165, 1.54) is 5.56 Å². The van der Waals surface area contributed by atoms with E-state index in [9.17, 15) is 0 Å². The lowest BCUT2D eigenvalue weighted by Gasteiger charge is -2.10. The van der Waals surface area contributed by atoms with Gasteiger partial charge in [0, 0.05) is 0 Å². The van der Waals surface area contributed by atoms with E-state index < -0.39 is 0 Å². The summed E-state index contributed by atoms with van der Waals surface area (Å²) in [6.45, 7) is 0. The molecule has 3 heteroatoms. The summed E-state index contributed by atoms with van der Waals surface area (Å²) < 4.78 is 5.71. The normalized spacial score (nSPS) is 12.1. The topological polar surface area (TPSA) is 21.3 Å². The van der Waals surface area contributed by atoms with Crippen LogP contribution in [0, 0.1) is 0 Å². The summed E-state index contributed by atoms with van der Waals surface area (Å²) in [6, 6.07) is 17.8. The molecule has 0 bridgehead atoms. The molecule has 0 saturated carbocycles. The minimum Gasteiger partial charge on any atom is -0.457 e. The maximum Gasteiger partial charge on any atom is 0.127 e. The summed E-state index contributed by atoms with van der Waals surface area (Å²) in [6.07, 6.45) is 0. The number of halogens is 1. The van der Waals surface area contributed by atoms with Gasteiger partial charge in [-0.2, -0.15) is 0 Å². The Morgan fingerprint density at radius 3 is 2.12 bits per heavy atom. The Labute approximate surface area is 110 Å². The molecule has 17 heavy (non-hydrogen) atoms. The average molecular weight is 292 g/mol. The van der Waals surface area contributed by atoms with E-state index in [0.29, 0.717) is 0 Å². The zero-order chi connectivity index (χ0) is 12.1. The van der Waals surface area contributed by atoms with Crippen LogP contribution in [0.2, 0.25) is 0 Å². The van der Waals surface area contributed by atoms with E-state index in [-0.39, 0.29) is 4.95 Å². The molecule has 0 radical (unpaired) electrons. The Hall–Kier alpha value is -1.32. The molecule has 2 rings (SSSR count). The first-order valence-electron chi connectivity index (χ1n) is 5.44. The van der Waals surface area contributed by atoms with Crippen LogP contribution in [0.25, 0.3) is 0 Å². The summed E-state index contributed by atoms with van der Waals surface area (Å²) in [4.78, 5) is 0.174. The maximum absolute atomic E-state index is 5.71. The number of rotatable bonds is 4. The van der Waals surface area contributed by atoms with Crippen LogP contribution in [0.4, 0.5) is 0 Å². The molecule has 0 heterocycles. The second kappa shape index (κ2) is 5.84. The Morgan fingerprint density at radius 1 is 0.941 bits per heavy atom. The second-order valence-electron chi connectivity index (χ2n) is 3.64. The summed E-state index contributed by atoms with van der Waals surface area (Å²) in [5, 5.41) is 3.13. The minimum atomic E-state index is 0.174. The largest absolute Gasteiger partial charge is 0.457 e. The van der Waals surface area contributed by atoms with Gasteiger partial charge in [-0.15, -0.1) is 0 Å². The first kappa shape index (κ1) is 12.1. The molecule has 0 aliphatic heterocycles. The van der Waals surface area contributed by atoms with E-state index >= 15 is 0 Å². The van der Waals surface area contributed by atoms with Crippen LogP contribution in [-0.4, -0.2) is 7.05 Å². The quantitative estimate of drug-likeness (QED) is 0.677. The van der Waals surface area contributed by atoms with Gasteiger partial charge in [-0.3, -0.25) is 0 Å². The SMILES string of the molecule is CNC(Br)c1ccc(Oc2ccccc2)cc1. The molecule has 88 valence electrons. The summed E-state index contributed by atoms with van der Waals surface area (Å²) in [7, 11) is 1.91. The van der Waals surface area contributed by atoms with Crippen LogP contribution < -0.4 is 10.1 Å². The molecule has 2 aromatic rings. The molecule has 0 aliphatic rings. The molecule has 1 atom stereocenters.